The standard InChI is InChI=1S/C10H10BrClN2O3.C5H8.C2H4O2/c1-17-8(9(13)15)10(16)14-7-3-5(11)2-6(12)4-7;1-2-4-5-3-1;1-4-2-3/h2-4,8H,1H3,(H2,13,15)(H,14,16);1-2H,3-5H2;2H,1H3. The predicted octanol–water partition coefficient (Wildman–Crippen LogP) is 3.06. The summed E-state index contributed by atoms with van der Waals surface area (Å²) in [7, 11) is 2.54. The van der Waals surface area contributed by atoms with E-state index in [9.17, 15) is 9.59 Å². The molecule has 0 heterocycles. The number of hydrogen-bond acceptors (Lipinski definition) is 5. The first kappa shape index (κ1) is 24.1. The fraction of sp³-hybridized carbons (Fsp3) is 0.353. The average molecular weight is 450 g/mol. The molecule has 0 radical (unpaired) electrons. The Balaban J connectivity index is 0.000000566. The summed E-state index contributed by atoms with van der Waals surface area (Å²) < 4.78 is 9.24. The van der Waals surface area contributed by atoms with Crippen molar-refractivity contribution >= 4 is 51.5 Å². The Kier molecular flexibility index (Phi) is 13.2. The van der Waals surface area contributed by atoms with Crippen LogP contribution in [0.15, 0.2) is 34.8 Å². The lowest BCUT2D eigenvalue weighted by atomic mass is 10.2. The molecule has 26 heavy (non-hydrogen) atoms. The van der Waals surface area contributed by atoms with Crippen molar-refractivity contribution in [2.45, 2.75) is 25.4 Å². The second-order valence-electron chi connectivity index (χ2n) is 4.90. The molecule has 0 saturated carbocycles. The van der Waals surface area contributed by atoms with Crippen LogP contribution < -0.4 is 11.1 Å². The van der Waals surface area contributed by atoms with Crippen molar-refractivity contribution in [1.29, 1.82) is 0 Å². The molecular weight excluding hydrogens is 428 g/mol. The fourth-order valence-corrected chi connectivity index (χ4v) is 2.64. The Morgan fingerprint density at radius 1 is 1.27 bits per heavy atom. The lowest BCUT2D eigenvalue weighted by Crippen LogP contribution is -2.40. The number of benzene rings is 1. The van der Waals surface area contributed by atoms with Crippen molar-refractivity contribution in [3.05, 3.63) is 39.8 Å². The lowest BCUT2D eigenvalue weighted by molar-refractivity contribution is -0.138. The maximum absolute atomic E-state index is 11.6. The average Bonchev–Trinajstić information content (AvgIpc) is 3.14. The number of nitrogens with one attached hydrogen (secondary N) is 1. The summed E-state index contributed by atoms with van der Waals surface area (Å²) in [5, 5.41) is 2.92. The van der Waals surface area contributed by atoms with Crippen LogP contribution in [0, 0.1) is 0 Å². The first-order chi connectivity index (χ1) is 12.3. The van der Waals surface area contributed by atoms with Crippen LogP contribution in [-0.2, 0) is 23.9 Å². The summed E-state index contributed by atoms with van der Waals surface area (Å²) in [5.41, 5.74) is 5.44. The summed E-state index contributed by atoms with van der Waals surface area (Å²) in [5.74, 6) is -1.50. The van der Waals surface area contributed by atoms with E-state index in [4.69, 9.17) is 22.1 Å². The summed E-state index contributed by atoms with van der Waals surface area (Å²) >= 11 is 9.03. The molecule has 0 spiro atoms. The number of methoxy groups -OCH3 is 2. The number of halogens is 2. The van der Waals surface area contributed by atoms with E-state index in [0.29, 0.717) is 21.7 Å². The zero-order chi connectivity index (χ0) is 19.9. The normalized spacial score (nSPS) is 12.6. The number of primary amides is 1. The highest BCUT2D eigenvalue weighted by Crippen LogP contribution is 2.23. The molecule has 0 aliphatic heterocycles. The maximum atomic E-state index is 11.6. The van der Waals surface area contributed by atoms with Gasteiger partial charge in [-0.25, -0.2) is 0 Å². The van der Waals surface area contributed by atoms with Crippen LogP contribution in [0.2, 0.25) is 5.02 Å². The van der Waals surface area contributed by atoms with E-state index in [1.165, 1.54) is 39.5 Å². The summed E-state index contributed by atoms with van der Waals surface area (Å²) in [6.45, 7) is 0.375. The molecule has 1 atom stereocenters. The van der Waals surface area contributed by atoms with Crippen molar-refractivity contribution < 1.29 is 23.9 Å². The van der Waals surface area contributed by atoms with Crippen molar-refractivity contribution in [3.63, 3.8) is 0 Å². The molecule has 144 valence electrons. The molecule has 0 saturated heterocycles. The highest BCUT2D eigenvalue weighted by Gasteiger charge is 2.23. The molecule has 3 N–H and O–H groups in total. The lowest BCUT2D eigenvalue weighted by Gasteiger charge is -2.12. The second-order valence-corrected chi connectivity index (χ2v) is 6.25. The zero-order valence-electron chi connectivity index (χ0n) is 14.5. The zero-order valence-corrected chi connectivity index (χ0v) is 16.9. The molecule has 1 unspecified atom stereocenters. The highest BCUT2D eigenvalue weighted by atomic mass is 79.9. The van der Waals surface area contributed by atoms with Gasteiger partial charge in [0.25, 0.3) is 18.3 Å². The van der Waals surface area contributed by atoms with E-state index >= 15 is 0 Å². The molecule has 2 rings (SSSR count). The van der Waals surface area contributed by atoms with Crippen LogP contribution in [0.1, 0.15) is 19.3 Å². The number of carbonyl (C=O) groups excluding carboxylic acids is 3. The minimum Gasteiger partial charge on any atom is -0.471 e. The van der Waals surface area contributed by atoms with Gasteiger partial charge in [-0.15, -0.1) is 0 Å². The Bertz CT molecular complexity index is 599. The third kappa shape index (κ3) is 10.9. The number of amides is 2. The summed E-state index contributed by atoms with van der Waals surface area (Å²) in [6, 6.07) is 4.84. The van der Waals surface area contributed by atoms with Gasteiger partial charge in [-0.05, 0) is 37.5 Å². The number of rotatable bonds is 5. The van der Waals surface area contributed by atoms with E-state index in [0.717, 1.165) is 0 Å². The topological polar surface area (TPSA) is 108 Å². The Hall–Kier alpha value is -1.90. The van der Waals surface area contributed by atoms with Crippen LogP contribution in [0.5, 0.6) is 0 Å². The number of nitrogens with two attached hydrogens (primary N) is 1. The SMILES string of the molecule is C1=CCCC1.COC(C(N)=O)C(=O)Nc1cc(Cl)cc(Br)c1.COC=O. The van der Waals surface area contributed by atoms with Crippen molar-refractivity contribution in [2.75, 3.05) is 19.5 Å². The van der Waals surface area contributed by atoms with Gasteiger partial charge in [0.15, 0.2) is 0 Å². The molecule has 1 aliphatic carbocycles. The van der Waals surface area contributed by atoms with Crippen LogP contribution in [0.4, 0.5) is 5.69 Å². The van der Waals surface area contributed by atoms with Crippen LogP contribution in [-0.4, -0.2) is 38.6 Å². The molecular formula is C17H22BrClN2O5. The number of anilines is 1. The number of carbonyl (C=O) groups is 3. The maximum Gasteiger partial charge on any atom is 0.292 e. The first-order valence-corrected chi connectivity index (χ1v) is 8.73. The number of ether oxygens (including phenoxy) is 2. The van der Waals surface area contributed by atoms with Gasteiger partial charge >= 0.3 is 0 Å². The van der Waals surface area contributed by atoms with Gasteiger partial charge in [-0.1, -0.05) is 39.7 Å². The van der Waals surface area contributed by atoms with Crippen LogP contribution >= 0.6 is 27.5 Å². The quantitative estimate of drug-likeness (QED) is 0.408. The van der Waals surface area contributed by atoms with E-state index in [1.807, 2.05) is 0 Å². The van der Waals surface area contributed by atoms with E-state index in [2.05, 4.69) is 42.9 Å². The summed E-state index contributed by atoms with van der Waals surface area (Å²) in [4.78, 5) is 31.5. The highest BCUT2D eigenvalue weighted by molar-refractivity contribution is 9.10. The second kappa shape index (κ2) is 14.3. The van der Waals surface area contributed by atoms with Gasteiger partial charge in [0, 0.05) is 22.3 Å². The van der Waals surface area contributed by atoms with Gasteiger partial charge in [0.2, 0.25) is 6.10 Å². The molecule has 0 fully saturated rings. The number of allylic oxidation sites excluding steroid dienone is 2. The molecule has 1 aromatic rings. The van der Waals surface area contributed by atoms with E-state index < -0.39 is 17.9 Å². The van der Waals surface area contributed by atoms with Crippen LogP contribution in [0.25, 0.3) is 0 Å². The van der Waals surface area contributed by atoms with Crippen molar-refractivity contribution in [2.24, 2.45) is 5.73 Å². The molecule has 1 aromatic carbocycles. The van der Waals surface area contributed by atoms with Gasteiger partial charge in [0.05, 0.1) is 7.11 Å². The third-order valence-electron chi connectivity index (χ3n) is 2.87. The minimum absolute atomic E-state index is 0.375. The fourth-order valence-electron chi connectivity index (χ4n) is 1.78. The van der Waals surface area contributed by atoms with Gasteiger partial charge in [0.1, 0.15) is 0 Å². The monoisotopic (exact) mass is 448 g/mol. The molecule has 0 bridgehead atoms. The third-order valence-corrected chi connectivity index (χ3v) is 3.54. The largest absolute Gasteiger partial charge is 0.471 e. The van der Waals surface area contributed by atoms with E-state index in [1.54, 1.807) is 12.1 Å². The van der Waals surface area contributed by atoms with Crippen LogP contribution in [0.3, 0.4) is 0 Å². The Morgan fingerprint density at radius 3 is 2.19 bits per heavy atom. The smallest absolute Gasteiger partial charge is 0.292 e. The number of hydrogen-bond donors (Lipinski definition) is 2. The molecule has 2 amide bonds. The van der Waals surface area contributed by atoms with Gasteiger partial charge < -0.3 is 20.5 Å². The Labute approximate surface area is 166 Å². The van der Waals surface area contributed by atoms with Crippen molar-refractivity contribution in [3.8, 4) is 0 Å². The Morgan fingerprint density at radius 2 is 1.85 bits per heavy atom. The molecule has 0 aromatic heterocycles. The van der Waals surface area contributed by atoms with Gasteiger partial charge in [-0.3, -0.25) is 14.4 Å². The van der Waals surface area contributed by atoms with Crippen molar-refractivity contribution in [1.82, 2.24) is 0 Å². The first-order valence-electron chi connectivity index (χ1n) is 7.56. The molecule has 1 aliphatic rings. The summed E-state index contributed by atoms with van der Waals surface area (Å²) in [6.07, 6.45) is 7.17. The minimum atomic E-state index is -1.33. The predicted molar refractivity (Wildman–Crippen MR) is 104 cm³/mol. The molecule has 7 nitrogen and oxygen atoms in total. The molecule has 9 heteroatoms. The van der Waals surface area contributed by atoms with Gasteiger partial charge in [-0.2, -0.15) is 0 Å². The van der Waals surface area contributed by atoms with E-state index in [-0.39, 0.29) is 0 Å².